The van der Waals surface area contributed by atoms with Crippen molar-refractivity contribution in [2.24, 2.45) is 0 Å². The average Bonchev–Trinajstić information content (AvgIpc) is 3.01. The highest BCUT2D eigenvalue weighted by atomic mass is 14.7. The van der Waals surface area contributed by atoms with E-state index in [9.17, 15) is 0 Å². The van der Waals surface area contributed by atoms with Gasteiger partial charge in [0.15, 0.2) is 0 Å². The van der Waals surface area contributed by atoms with Crippen molar-refractivity contribution in [2.45, 2.75) is 38.0 Å². The first-order chi connectivity index (χ1) is 11.4. The fraction of sp³-hybridized carbons (Fsp3) is 0.273. The van der Waals surface area contributed by atoms with E-state index in [1.807, 2.05) is 6.08 Å². The largest absolute Gasteiger partial charge is 0.354 e. The van der Waals surface area contributed by atoms with Gasteiger partial charge in [-0.3, -0.25) is 0 Å². The van der Waals surface area contributed by atoms with Gasteiger partial charge in [0, 0.05) is 16.5 Å². The number of hydrogen-bond acceptors (Lipinski definition) is 0. The Morgan fingerprint density at radius 1 is 0.913 bits per heavy atom. The molecule has 1 aliphatic carbocycles. The third-order valence-electron chi connectivity index (χ3n) is 5.21. The van der Waals surface area contributed by atoms with Crippen molar-refractivity contribution in [3.63, 3.8) is 0 Å². The third kappa shape index (κ3) is 2.50. The van der Waals surface area contributed by atoms with Crippen molar-refractivity contribution in [3.05, 3.63) is 66.2 Å². The van der Waals surface area contributed by atoms with E-state index in [1.54, 1.807) is 0 Å². The number of nitrogens with one attached hydrogen (secondary N) is 1. The van der Waals surface area contributed by atoms with Gasteiger partial charge in [-0.15, -0.1) is 0 Å². The number of fused-ring (bicyclic) bond motifs is 1. The molecule has 4 rings (SSSR count). The first-order valence-electron chi connectivity index (χ1n) is 8.71. The summed E-state index contributed by atoms with van der Waals surface area (Å²) in [4.78, 5) is 3.70. The predicted octanol–water partition coefficient (Wildman–Crippen LogP) is 6.53. The summed E-state index contributed by atoms with van der Waals surface area (Å²) in [7, 11) is 0. The summed E-state index contributed by atoms with van der Waals surface area (Å²) in [5.41, 5.74) is 6.56. The molecule has 1 heterocycles. The van der Waals surface area contributed by atoms with Crippen molar-refractivity contribution < 1.29 is 0 Å². The summed E-state index contributed by atoms with van der Waals surface area (Å²) in [6.45, 7) is 4.00. The van der Waals surface area contributed by atoms with Crippen molar-refractivity contribution in [2.75, 3.05) is 0 Å². The Balaban J connectivity index is 1.96. The molecular weight excluding hydrogens is 278 g/mol. The van der Waals surface area contributed by atoms with Crippen LogP contribution in [0.2, 0.25) is 0 Å². The Morgan fingerprint density at radius 3 is 2.48 bits per heavy atom. The van der Waals surface area contributed by atoms with Crippen molar-refractivity contribution >= 4 is 17.0 Å². The molecule has 3 aromatic rings. The molecule has 1 N–H and O–H groups in total. The molecule has 116 valence electrons. The fourth-order valence-corrected chi connectivity index (χ4v) is 4.09. The number of H-pyrrole nitrogens is 1. The van der Waals surface area contributed by atoms with Crippen LogP contribution in [0, 0.1) is 0 Å². The highest BCUT2D eigenvalue weighted by Crippen LogP contribution is 2.42. The van der Waals surface area contributed by atoms with Crippen LogP contribution in [0.15, 0.2) is 55.1 Å². The summed E-state index contributed by atoms with van der Waals surface area (Å²) in [6.07, 6.45) is 8.68. The first-order valence-corrected chi connectivity index (χ1v) is 8.71. The van der Waals surface area contributed by atoms with Gasteiger partial charge in [0.25, 0.3) is 0 Å². The molecular formula is C22H23N. The molecule has 0 saturated heterocycles. The quantitative estimate of drug-likeness (QED) is 0.566. The standard InChI is InChI=1S/C22H23N/c1-2-16-10-6-7-13-18(16)22-21(17-11-4-3-5-12-17)19-14-8-9-15-20(19)23-22/h2,6-10,13-15,17,23H,1,3-5,11-12H2. The third-order valence-corrected chi connectivity index (χ3v) is 5.21. The van der Waals surface area contributed by atoms with E-state index in [-0.39, 0.29) is 0 Å². The minimum Gasteiger partial charge on any atom is -0.354 e. The summed E-state index contributed by atoms with van der Waals surface area (Å²) in [5.74, 6) is 0.674. The summed E-state index contributed by atoms with van der Waals surface area (Å²) in [6, 6.07) is 17.3. The fourth-order valence-electron chi connectivity index (χ4n) is 4.09. The molecule has 0 aliphatic heterocycles. The Kier molecular flexibility index (Phi) is 3.78. The van der Waals surface area contributed by atoms with Crippen molar-refractivity contribution in [1.82, 2.24) is 4.98 Å². The average molecular weight is 301 g/mol. The maximum absolute atomic E-state index is 4.00. The van der Waals surface area contributed by atoms with Gasteiger partial charge in [-0.2, -0.15) is 0 Å². The molecule has 0 amide bonds. The van der Waals surface area contributed by atoms with Gasteiger partial charge < -0.3 is 4.98 Å². The van der Waals surface area contributed by atoms with Crippen molar-refractivity contribution in [3.8, 4) is 11.3 Å². The molecule has 1 nitrogen and oxygen atoms in total. The topological polar surface area (TPSA) is 15.8 Å². The molecule has 0 unspecified atom stereocenters. The van der Waals surface area contributed by atoms with Gasteiger partial charge >= 0.3 is 0 Å². The van der Waals surface area contributed by atoms with Crippen LogP contribution in [0.25, 0.3) is 28.2 Å². The zero-order chi connectivity index (χ0) is 15.6. The lowest BCUT2D eigenvalue weighted by atomic mass is 9.81. The summed E-state index contributed by atoms with van der Waals surface area (Å²) >= 11 is 0. The zero-order valence-corrected chi connectivity index (χ0v) is 13.5. The second-order valence-electron chi connectivity index (χ2n) is 6.59. The number of aromatic nitrogens is 1. The van der Waals surface area contributed by atoms with Crippen LogP contribution >= 0.6 is 0 Å². The molecule has 1 aliphatic rings. The van der Waals surface area contributed by atoms with Gasteiger partial charge in [0.05, 0.1) is 5.69 Å². The minimum absolute atomic E-state index is 0.674. The number of aromatic amines is 1. The maximum Gasteiger partial charge on any atom is 0.0506 e. The van der Waals surface area contributed by atoms with Gasteiger partial charge in [-0.25, -0.2) is 0 Å². The van der Waals surface area contributed by atoms with Crippen LogP contribution in [0.3, 0.4) is 0 Å². The van der Waals surface area contributed by atoms with Gasteiger partial charge in [-0.1, -0.05) is 74.4 Å². The molecule has 0 bridgehead atoms. The normalized spacial score (nSPS) is 15.8. The van der Waals surface area contributed by atoms with Crippen LogP contribution in [0.4, 0.5) is 0 Å². The minimum atomic E-state index is 0.674. The van der Waals surface area contributed by atoms with Crippen LogP contribution in [0.5, 0.6) is 0 Å². The molecule has 1 aromatic heterocycles. The lowest BCUT2D eigenvalue weighted by molar-refractivity contribution is 0.446. The highest BCUT2D eigenvalue weighted by molar-refractivity contribution is 5.93. The van der Waals surface area contributed by atoms with Gasteiger partial charge in [0.2, 0.25) is 0 Å². The molecule has 23 heavy (non-hydrogen) atoms. The lowest BCUT2D eigenvalue weighted by Crippen LogP contribution is -2.05. The van der Waals surface area contributed by atoms with Crippen LogP contribution in [0.1, 0.15) is 49.1 Å². The van der Waals surface area contributed by atoms with Crippen molar-refractivity contribution in [1.29, 1.82) is 0 Å². The molecule has 0 radical (unpaired) electrons. The van der Waals surface area contributed by atoms with Gasteiger partial charge in [0.1, 0.15) is 0 Å². The van der Waals surface area contributed by atoms with E-state index in [0.29, 0.717) is 5.92 Å². The van der Waals surface area contributed by atoms with E-state index >= 15 is 0 Å². The number of rotatable bonds is 3. The van der Waals surface area contributed by atoms with Gasteiger partial charge in [-0.05, 0) is 36.0 Å². The molecule has 1 fully saturated rings. The molecule has 2 aromatic carbocycles. The number of hydrogen-bond donors (Lipinski definition) is 1. The summed E-state index contributed by atoms with van der Waals surface area (Å²) in [5, 5.41) is 1.40. The Bertz CT molecular complexity index is 834. The van der Waals surface area contributed by atoms with E-state index in [2.05, 4.69) is 60.1 Å². The Hall–Kier alpha value is -2.28. The summed E-state index contributed by atoms with van der Waals surface area (Å²) < 4.78 is 0. The zero-order valence-electron chi connectivity index (χ0n) is 13.5. The Morgan fingerprint density at radius 2 is 1.65 bits per heavy atom. The van der Waals surface area contributed by atoms with E-state index in [0.717, 1.165) is 0 Å². The van der Waals surface area contributed by atoms with E-state index < -0.39 is 0 Å². The molecule has 0 atom stereocenters. The predicted molar refractivity (Wildman–Crippen MR) is 99.7 cm³/mol. The lowest BCUT2D eigenvalue weighted by Gasteiger charge is -2.23. The second kappa shape index (κ2) is 6.08. The highest BCUT2D eigenvalue weighted by Gasteiger charge is 2.23. The molecule has 1 saturated carbocycles. The van der Waals surface area contributed by atoms with Crippen LogP contribution in [-0.2, 0) is 0 Å². The smallest absolute Gasteiger partial charge is 0.0506 e. The molecule has 1 heteroatoms. The second-order valence-corrected chi connectivity index (χ2v) is 6.59. The monoisotopic (exact) mass is 301 g/mol. The SMILES string of the molecule is C=Cc1ccccc1-c1[nH]c2ccccc2c1C1CCCCC1. The first kappa shape index (κ1) is 14.3. The number of para-hydroxylation sites is 1. The molecule has 0 spiro atoms. The maximum atomic E-state index is 4.00. The van der Waals surface area contributed by atoms with Crippen LogP contribution < -0.4 is 0 Å². The van der Waals surface area contributed by atoms with Crippen LogP contribution in [-0.4, -0.2) is 4.98 Å². The number of benzene rings is 2. The Labute approximate surface area is 138 Å². The van der Waals surface area contributed by atoms with E-state index in [1.165, 1.54) is 65.4 Å². The van der Waals surface area contributed by atoms with E-state index in [4.69, 9.17) is 0 Å².